The summed E-state index contributed by atoms with van der Waals surface area (Å²) in [5.74, 6) is 0.272. The lowest BCUT2D eigenvalue weighted by Crippen LogP contribution is -2.50. The van der Waals surface area contributed by atoms with Gasteiger partial charge in [0.2, 0.25) is 11.8 Å². The fraction of sp³-hybridized carbons (Fsp3) is 0.550. The van der Waals surface area contributed by atoms with E-state index < -0.39 is 0 Å². The van der Waals surface area contributed by atoms with Crippen LogP contribution in [0.4, 0.5) is 5.69 Å². The van der Waals surface area contributed by atoms with Crippen LogP contribution in [0, 0.1) is 0 Å². The monoisotopic (exact) mass is 372 g/mol. The fourth-order valence-electron chi connectivity index (χ4n) is 3.52. The van der Waals surface area contributed by atoms with Gasteiger partial charge in [0.25, 0.3) is 5.91 Å². The first kappa shape index (κ1) is 19.4. The zero-order chi connectivity index (χ0) is 19.4. The second kappa shape index (κ2) is 8.52. The maximum atomic E-state index is 12.7. The molecule has 0 radical (unpaired) electrons. The summed E-state index contributed by atoms with van der Waals surface area (Å²) < 4.78 is 0. The second-order valence-electron chi connectivity index (χ2n) is 7.42. The molecule has 27 heavy (non-hydrogen) atoms. The van der Waals surface area contributed by atoms with Gasteiger partial charge < -0.3 is 19.6 Å². The van der Waals surface area contributed by atoms with Crippen molar-refractivity contribution < 1.29 is 14.4 Å². The number of anilines is 1. The van der Waals surface area contributed by atoms with Gasteiger partial charge in [0.05, 0.1) is 0 Å². The Labute approximate surface area is 160 Å². The van der Waals surface area contributed by atoms with Gasteiger partial charge in [0.15, 0.2) is 0 Å². The number of rotatable bonds is 5. The van der Waals surface area contributed by atoms with Crippen molar-refractivity contribution in [3.05, 3.63) is 29.8 Å². The normalized spacial score (nSPS) is 17.7. The first-order chi connectivity index (χ1) is 13.0. The van der Waals surface area contributed by atoms with E-state index in [0.29, 0.717) is 44.6 Å². The third-order valence-electron chi connectivity index (χ3n) is 5.19. The predicted molar refractivity (Wildman–Crippen MR) is 104 cm³/mol. The number of carbonyl (C=O) groups is 3. The molecule has 146 valence electrons. The molecule has 0 unspecified atom stereocenters. The van der Waals surface area contributed by atoms with E-state index in [-0.39, 0.29) is 17.7 Å². The van der Waals surface area contributed by atoms with E-state index >= 15 is 0 Å². The van der Waals surface area contributed by atoms with Gasteiger partial charge in [-0.3, -0.25) is 14.4 Å². The van der Waals surface area contributed by atoms with Gasteiger partial charge in [0.1, 0.15) is 0 Å². The van der Waals surface area contributed by atoms with Crippen molar-refractivity contribution in [1.82, 2.24) is 14.7 Å². The van der Waals surface area contributed by atoms with Crippen molar-refractivity contribution in [2.75, 3.05) is 58.3 Å². The standard InChI is InChI=1S/C20H28N4O3/c1-21(2)11-9-18(25)22-12-14-23(15-13-22)20(27)16-5-7-17(8-6-16)24-10-3-4-19(24)26/h5-8H,3-4,9-15H2,1-2H3. The molecule has 0 atom stereocenters. The van der Waals surface area contributed by atoms with Gasteiger partial charge in [-0.25, -0.2) is 0 Å². The van der Waals surface area contributed by atoms with Crippen LogP contribution in [0.5, 0.6) is 0 Å². The third kappa shape index (κ3) is 4.66. The lowest BCUT2D eigenvalue weighted by molar-refractivity contribution is -0.132. The van der Waals surface area contributed by atoms with Crippen LogP contribution in [0.2, 0.25) is 0 Å². The quantitative estimate of drug-likeness (QED) is 0.775. The molecule has 3 amide bonds. The zero-order valence-electron chi connectivity index (χ0n) is 16.2. The molecule has 2 aliphatic rings. The SMILES string of the molecule is CN(C)CCC(=O)N1CCN(C(=O)c2ccc(N3CCCC3=O)cc2)CC1. The number of piperazine rings is 1. The minimum absolute atomic E-state index is 0.0188. The number of benzene rings is 1. The summed E-state index contributed by atoms with van der Waals surface area (Å²) >= 11 is 0. The number of carbonyl (C=O) groups excluding carboxylic acids is 3. The maximum Gasteiger partial charge on any atom is 0.253 e. The molecule has 2 saturated heterocycles. The third-order valence-corrected chi connectivity index (χ3v) is 5.19. The molecule has 2 heterocycles. The van der Waals surface area contributed by atoms with Crippen molar-refractivity contribution in [3.8, 4) is 0 Å². The highest BCUT2D eigenvalue weighted by Gasteiger charge is 2.25. The van der Waals surface area contributed by atoms with Crippen molar-refractivity contribution in [2.45, 2.75) is 19.3 Å². The first-order valence-corrected chi connectivity index (χ1v) is 9.58. The first-order valence-electron chi connectivity index (χ1n) is 9.58. The highest BCUT2D eigenvalue weighted by Crippen LogP contribution is 2.22. The number of hydrogen-bond acceptors (Lipinski definition) is 4. The summed E-state index contributed by atoms with van der Waals surface area (Å²) in [6.45, 7) is 3.76. The smallest absolute Gasteiger partial charge is 0.253 e. The molecule has 0 spiro atoms. The molecule has 1 aromatic rings. The molecule has 7 heteroatoms. The highest BCUT2D eigenvalue weighted by atomic mass is 16.2. The summed E-state index contributed by atoms with van der Waals surface area (Å²) in [6, 6.07) is 7.27. The van der Waals surface area contributed by atoms with Crippen LogP contribution in [0.3, 0.4) is 0 Å². The van der Waals surface area contributed by atoms with Crippen LogP contribution in [-0.2, 0) is 9.59 Å². The molecule has 7 nitrogen and oxygen atoms in total. The van der Waals surface area contributed by atoms with E-state index in [1.165, 1.54) is 0 Å². The minimum Gasteiger partial charge on any atom is -0.339 e. The maximum absolute atomic E-state index is 12.7. The van der Waals surface area contributed by atoms with Crippen molar-refractivity contribution >= 4 is 23.4 Å². The van der Waals surface area contributed by atoms with Gasteiger partial charge in [-0.05, 0) is 44.8 Å². The molecule has 0 bridgehead atoms. The Kier molecular flexibility index (Phi) is 6.11. The van der Waals surface area contributed by atoms with Crippen LogP contribution in [0.1, 0.15) is 29.6 Å². The summed E-state index contributed by atoms with van der Waals surface area (Å²) in [5, 5.41) is 0. The summed E-state index contributed by atoms with van der Waals surface area (Å²) in [7, 11) is 3.91. The summed E-state index contributed by atoms with van der Waals surface area (Å²) in [5.41, 5.74) is 1.48. The Bertz CT molecular complexity index is 694. The van der Waals surface area contributed by atoms with Crippen LogP contribution >= 0.6 is 0 Å². The van der Waals surface area contributed by atoms with Crippen LogP contribution < -0.4 is 4.90 Å². The average molecular weight is 372 g/mol. The molecule has 0 aromatic heterocycles. The lowest BCUT2D eigenvalue weighted by atomic mass is 10.1. The van der Waals surface area contributed by atoms with E-state index in [2.05, 4.69) is 0 Å². The molecular weight excluding hydrogens is 344 g/mol. The predicted octanol–water partition coefficient (Wildman–Crippen LogP) is 1.05. The molecule has 2 fully saturated rings. The summed E-state index contributed by atoms with van der Waals surface area (Å²) in [4.78, 5) is 44.2. The van der Waals surface area contributed by atoms with Crippen LogP contribution in [0.15, 0.2) is 24.3 Å². The van der Waals surface area contributed by atoms with Gasteiger partial charge in [-0.1, -0.05) is 0 Å². The Balaban J connectivity index is 1.53. The fourth-order valence-corrected chi connectivity index (χ4v) is 3.52. The van der Waals surface area contributed by atoms with Crippen molar-refractivity contribution in [1.29, 1.82) is 0 Å². The van der Waals surface area contributed by atoms with Crippen molar-refractivity contribution in [2.24, 2.45) is 0 Å². The topological polar surface area (TPSA) is 64.2 Å². The second-order valence-corrected chi connectivity index (χ2v) is 7.42. The van der Waals surface area contributed by atoms with E-state index in [0.717, 1.165) is 25.2 Å². The Morgan fingerprint density at radius 2 is 1.59 bits per heavy atom. The van der Waals surface area contributed by atoms with E-state index in [4.69, 9.17) is 0 Å². The molecule has 3 rings (SSSR count). The Morgan fingerprint density at radius 1 is 0.963 bits per heavy atom. The van der Waals surface area contributed by atoms with E-state index in [9.17, 15) is 14.4 Å². The molecule has 2 aliphatic heterocycles. The van der Waals surface area contributed by atoms with E-state index in [1.54, 1.807) is 21.9 Å². The van der Waals surface area contributed by atoms with E-state index in [1.807, 2.05) is 36.0 Å². The molecule has 1 aromatic carbocycles. The molecule has 0 aliphatic carbocycles. The van der Waals surface area contributed by atoms with Crippen LogP contribution in [-0.4, -0.2) is 85.8 Å². The van der Waals surface area contributed by atoms with Crippen molar-refractivity contribution in [3.63, 3.8) is 0 Å². The number of amides is 3. The molecule has 0 N–H and O–H groups in total. The Hall–Kier alpha value is -2.41. The average Bonchev–Trinajstić information content (AvgIpc) is 3.11. The van der Waals surface area contributed by atoms with Gasteiger partial charge in [-0.2, -0.15) is 0 Å². The zero-order valence-corrected chi connectivity index (χ0v) is 16.2. The van der Waals surface area contributed by atoms with Gasteiger partial charge in [0, 0.05) is 63.4 Å². The lowest BCUT2D eigenvalue weighted by Gasteiger charge is -2.35. The van der Waals surface area contributed by atoms with Gasteiger partial charge in [-0.15, -0.1) is 0 Å². The minimum atomic E-state index is -0.0188. The number of nitrogens with zero attached hydrogens (tertiary/aromatic N) is 4. The summed E-state index contributed by atoms with van der Waals surface area (Å²) in [6.07, 6.45) is 1.99. The van der Waals surface area contributed by atoms with Gasteiger partial charge >= 0.3 is 0 Å². The Morgan fingerprint density at radius 3 is 2.15 bits per heavy atom. The van der Waals surface area contributed by atoms with Crippen LogP contribution in [0.25, 0.3) is 0 Å². The number of hydrogen-bond donors (Lipinski definition) is 0. The molecule has 0 saturated carbocycles. The largest absolute Gasteiger partial charge is 0.339 e. The highest BCUT2D eigenvalue weighted by molar-refractivity contribution is 5.97. The molecular formula is C20H28N4O3.